The minimum atomic E-state index is 1.13. The largest absolute Gasteiger partial charge is 0.310 e. The Balaban J connectivity index is 1.22. The fourth-order valence-corrected chi connectivity index (χ4v) is 8.61. The summed E-state index contributed by atoms with van der Waals surface area (Å²) in [6.45, 7) is 0. The third-order valence-corrected chi connectivity index (χ3v) is 10.9. The van der Waals surface area contributed by atoms with Crippen LogP contribution >= 0.6 is 11.3 Å². The highest BCUT2D eigenvalue weighted by Gasteiger charge is 2.18. The Morgan fingerprint density at radius 3 is 1.81 bits per heavy atom. The minimum Gasteiger partial charge on any atom is -0.310 e. The first-order chi connectivity index (χ1) is 23.8. The number of benzene rings is 9. The molecule has 10 rings (SSSR count). The summed E-state index contributed by atoms with van der Waals surface area (Å²) in [6.07, 6.45) is 0. The molecule has 0 fully saturated rings. The average molecular weight is 628 g/mol. The lowest BCUT2D eigenvalue weighted by molar-refractivity contribution is 1.30. The third-order valence-electron chi connectivity index (χ3n) is 9.81. The van der Waals surface area contributed by atoms with Crippen molar-refractivity contribution in [1.29, 1.82) is 0 Å². The van der Waals surface area contributed by atoms with Crippen molar-refractivity contribution in [2.75, 3.05) is 4.90 Å². The maximum atomic E-state index is 2.44. The van der Waals surface area contributed by atoms with Crippen LogP contribution in [0.5, 0.6) is 0 Å². The van der Waals surface area contributed by atoms with Crippen LogP contribution < -0.4 is 4.90 Å². The summed E-state index contributed by atoms with van der Waals surface area (Å²) in [5, 5.41) is 12.8. The molecule has 0 aliphatic heterocycles. The van der Waals surface area contributed by atoms with E-state index in [1.165, 1.54) is 80.1 Å². The van der Waals surface area contributed by atoms with Crippen LogP contribution in [0.15, 0.2) is 176 Å². The highest BCUT2D eigenvalue weighted by Crippen LogP contribution is 2.44. The summed E-state index contributed by atoms with van der Waals surface area (Å²) in [5.74, 6) is 0. The van der Waals surface area contributed by atoms with Gasteiger partial charge in [-0.3, -0.25) is 0 Å². The molecular formula is C46H29NS. The van der Waals surface area contributed by atoms with Crippen LogP contribution in [0.2, 0.25) is 0 Å². The zero-order valence-electron chi connectivity index (χ0n) is 26.1. The number of thiophene rings is 1. The van der Waals surface area contributed by atoms with Gasteiger partial charge < -0.3 is 4.90 Å². The van der Waals surface area contributed by atoms with Gasteiger partial charge in [-0.15, -0.1) is 11.3 Å². The summed E-state index contributed by atoms with van der Waals surface area (Å²) < 4.78 is 2.64. The van der Waals surface area contributed by atoms with E-state index < -0.39 is 0 Å². The number of nitrogens with zero attached hydrogens (tertiary/aromatic N) is 1. The first kappa shape index (κ1) is 27.2. The molecule has 0 radical (unpaired) electrons. The molecule has 2 heteroatoms. The molecule has 0 amide bonds. The number of hydrogen-bond donors (Lipinski definition) is 0. The van der Waals surface area contributed by atoms with Gasteiger partial charge in [-0.1, -0.05) is 127 Å². The molecule has 0 aliphatic rings. The van der Waals surface area contributed by atoms with E-state index in [2.05, 4.69) is 181 Å². The van der Waals surface area contributed by atoms with Gasteiger partial charge in [-0.25, -0.2) is 0 Å². The summed E-state index contributed by atoms with van der Waals surface area (Å²) >= 11 is 1.87. The lowest BCUT2D eigenvalue weighted by atomic mass is 9.96. The highest BCUT2D eigenvalue weighted by atomic mass is 32.1. The van der Waals surface area contributed by atoms with Gasteiger partial charge in [0, 0.05) is 36.9 Å². The van der Waals surface area contributed by atoms with Gasteiger partial charge >= 0.3 is 0 Å². The second-order valence-electron chi connectivity index (χ2n) is 12.5. The van der Waals surface area contributed by atoms with E-state index >= 15 is 0 Å². The van der Waals surface area contributed by atoms with E-state index in [1.807, 2.05) is 11.3 Å². The van der Waals surface area contributed by atoms with Crippen LogP contribution in [0.25, 0.3) is 74.4 Å². The van der Waals surface area contributed by atoms with E-state index in [-0.39, 0.29) is 0 Å². The molecule has 0 spiro atoms. The van der Waals surface area contributed by atoms with Crippen molar-refractivity contribution in [3.63, 3.8) is 0 Å². The van der Waals surface area contributed by atoms with E-state index in [4.69, 9.17) is 0 Å². The van der Waals surface area contributed by atoms with Crippen LogP contribution in [-0.2, 0) is 0 Å². The third kappa shape index (κ3) is 4.31. The summed E-state index contributed by atoms with van der Waals surface area (Å²) in [5.41, 5.74) is 5.87. The minimum absolute atomic E-state index is 1.13. The van der Waals surface area contributed by atoms with Crippen molar-refractivity contribution in [3.8, 4) is 11.1 Å². The molecule has 1 nitrogen and oxygen atoms in total. The normalized spacial score (nSPS) is 11.8. The Kier molecular flexibility index (Phi) is 6.12. The summed E-state index contributed by atoms with van der Waals surface area (Å²) in [4.78, 5) is 2.44. The molecule has 1 heterocycles. The fraction of sp³-hybridized carbons (Fsp3) is 0. The van der Waals surface area contributed by atoms with Gasteiger partial charge in [-0.05, 0) is 97.4 Å². The topological polar surface area (TPSA) is 3.24 Å². The lowest BCUT2D eigenvalue weighted by Crippen LogP contribution is -2.10. The van der Waals surface area contributed by atoms with Gasteiger partial charge in [-0.2, -0.15) is 0 Å². The molecule has 224 valence electrons. The number of hydrogen-bond acceptors (Lipinski definition) is 2. The molecule has 0 aliphatic carbocycles. The smallest absolute Gasteiger partial charge is 0.0540 e. The molecule has 48 heavy (non-hydrogen) atoms. The Bertz CT molecular complexity index is 2830. The zero-order chi connectivity index (χ0) is 31.6. The molecular weight excluding hydrogens is 599 g/mol. The second kappa shape index (κ2) is 10.8. The molecule has 1 aromatic heterocycles. The van der Waals surface area contributed by atoms with Crippen molar-refractivity contribution < 1.29 is 0 Å². The molecule has 10 aromatic rings. The van der Waals surface area contributed by atoms with Crippen LogP contribution in [0.3, 0.4) is 0 Å². The average Bonchev–Trinajstić information content (AvgIpc) is 3.52. The first-order valence-corrected chi connectivity index (χ1v) is 17.2. The predicted molar refractivity (Wildman–Crippen MR) is 209 cm³/mol. The number of fused-ring (bicyclic) bond motifs is 9. The first-order valence-electron chi connectivity index (χ1n) is 16.4. The van der Waals surface area contributed by atoms with Crippen LogP contribution in [0.4, 0.5) is 17.1 Å². The summed E-state index contributed by atoms with van der Waals surface area (Å²) in [6, 6.07) is 64.6. The van der Waals surface area contributed by atoms with E-state index in [0.29, 0.717) is 0 Å². The molecule has 0 bridgehead atoms. The molecule has 0 saturated heterocycles. The molecule has 0 N–H and O–H groups in total. The van der Waals surface area contributed by atoms with Gasteiger partial charge in [0.05, 0.1) is 5.69 Å². The van der Waals surface area contributed by atoms with Crippen LogP contribution in [0.1, 0.15) is 0 Å². The SMILES string of the molecule is c1ccc(-c2ccc(N(c3ccc4ccc5c6ccccc6ccc5c4c3)c3cccc4cc5c(cc34)sc3ccccc35)cc2)cc1. The van der Waals surface area contributed by atoms with Crippen molar-refractivity contribution in [3.05, 3.63) is 176 Å². The standard InChI is InChI=1S/C46H29NS/c1-2-9-30(10-3-1)31-17-22-35(23-18-31)47(44-15-8-12-34-27-43-40-14-6-7-16-45(40)48-46(43)29-42(34)44)36-24-19-33-21-25-38-37-13-5-4-11-32(37)20-26-39(38)41(33)28-36/h1-29H. The summed E-state index contributed by atoms with van der Waals surface area (Å²) in [7, 11) is 0. The van der Waals surface area contributed by atoms with Gasteiger partial charge in [0.25, 0.3) is 0 Å². The Labute approximate surface area is 282 Å². The molecule has 0 atom stereocenters. The monoisotopic (exact) mass is 627 g/mol. The maximum absolute atomic E-state index is 2.44. The Morgan fingerprint density at radius 1 is 0.312 bits per heavy atom. The van der Waals surface area contributed by atoms with Gasteiger partial charge in [0.1, 0.15) is 0 Å². The van der Waals surface area contributed by atoms with Crippen molar-refractivity contribution in [2.24, 2.45) is 0 Å². The van der Waals surface area contributed by atoms with E-state index in [1.54, 1.807) is 0 Å². The molecule has 0 unspecified atom stereocenters. The van der Waals surface area contributed by atoms with E-state index in [9.17, 15) is 0 Å². The highest BCUT2D eigenvalue weighted by molar-refractivity contribution is 7.25. The van der Waals surface area contributed by atoms with Crippen LogP contribution in [-0.4, -0.2) is 0 Å². The predicted octanol–water partition coefficient (Wildman–Crippen LogP) is 13.8. The van der Waals surface area contributed by atoms with Crippen molar-refractivity contribution in [1.82, 2.24) is 0 Å². The van der Waals surface area contributed by atoms with Gasteiger partial charge in [0.2, 0.25) is 0 Å². The van der Waals surface area contributed by atoms with Gasteiger partial charge in [0.15, 0.2) is 0 Å². The lowest BCUT2D eigenvalue weighted by Gasteiger charge is -2.27. The Hall–Kier alpha value is -5.96. The zero-order valence-corrected chi connectivity index (χ0v) is 26.9. The quantitative estimate of drug-likeness (QED) is 0.176. The van der Waals surface area contributed by atoms with E-state index in [0.717, 1.165) is 11.4 Å². The molecule has 0 saturated carbocycles. The number of anilines is 3. The van der Waals surface area contributed by atoms with Crippen molar-refractivity contribution in [2.45, 2.75) is 0 Å². The molecule has 9 aromatic carbocycles. The van der Waals surface area contributed by atoms with Crippen molar-refractivity contribution >= 4 is 91.7 Å². The number of rotatable bonds is 4. The second-order valence-corrected chi connectivity index (χ2v) is 13.6. The fourth-order valence-electron chi connectivity index (χ4n) is 7.48. The Morgan fingerprint density at radius 2 is 0.958 bits per heavy atom. The van der Waals surface area contributed by atoms with Crippen LogP contribution in [0, 0.1) is 0 Å². The maximum Gasteiger partial charge on any atom is 0.0540 e.